The Labute approximate surface area is 146 Å². The summed E-state index contributed by atoms with van der Waals surface area (Å²) in [5.74, 6) is 1.92. The predicted molar refractivity (Wildman–Crippen MR) is 90.5 cm³/mol. The first-order valence-electron chi connectivity index (χ1n) is 8.34. The lowest BCUT2D eigenvalue weighted by Gasteiger charge is -2.30. The average molecular weight is 374 g/mol. The third kappa shape index (κ3) is 4.72. The molecule has 134 valence electrons. The van der Waals surface area contributed by atoms with E-state index in [4.69, 9.17) is 4.42 Å². The van der Waals surface area contributed by atoms with Crippen molar-refractivity contribution in [1.82, 2.24) is 15.1 Å². The molecule has 1 amide bonds. The summed E-state index contributed by atoms with van der Waals surface area (Å²) in [6.45, 7) is 3.82. The van der Waals surface area contributed by atoms with Crippen molar-refractivity contribution in [3.63, 3.8) is 0 Å². The molecule has 0 bridgehead atoms. The molecule has 2 atom stereocenters. The summed E-state index contributed by atoms with van der Waals surface area (Å²) in [4.78, 5) is 14.1. The van der Waals surface area contributed by atoms with Crippen molar-refractivity contribution >= 4 is 27.5 Å². The molecule has 7 nitrogen and oxygen atoms in total. The quantitative estimate of drug-likeness (QED) is 0.720. The van der Waals surface area contributed by atoms with Gasteiger partial charge in [0.15, 0.2) is 9.84 Å². The van der Waals surface area contributed by atoms with Crippen molar-refractivity contribution < 1.29 is 17.6 Å². The molecule has 2 saturated heterocycles. The Morgan fingerprint density at radius 1 is 1.38 bits per heavy atom. The molecular formula is C15H23N3O4S2. The molecule has 2 fully saturated rings. The van der Waals surface area contributed by atoms with Crippen LogP contribution in [0.5, 0.6) is 0 Å². The van der Waals surface area contributed by atoms with Gasteiger partial charge in [-0.15, -0.1) is 10.2 Å². The average Bonchev–Trinajstić information content (AvgIpc) is 3.11. The van der Waals surface area contributed by atoms with E-state index in [0.29, 0.717) is 35.6 Å². The Balaban J connectivity index is 1.47. The summed E-state index contributed by atoms with van der Waals surface area (Å²) in [6.07, 6.45) is 3.39. The van der Waals surface area contributed by atoms with Crippen LogP contribution in [0.1, 0.15) is 32.1 Å². The van der Waals surface area contributed by atoms with Gasteiger partial charge in [-0.2, -0.15) is 0 Å². The van der Waals surface area contributed by atoms with Gasteiger partial charge >= 0.3 is 0 Å². The smallest absolute Gasteiger partial charge is 0.277 e. The van der Waals surface area contributed by atoms with Crippen LogP contribution in [0, 0.1) is 11.8 Å². The zero-order chi connectivity index (χ0) is 17.2. The van der Waals surface area contributed by atoms with Crippen molar-refractivity contribution in [3.05, 3.63) is 5.89 Å². The molecule has 1 aromatic heterocycles. The highest BCUT2D eigenvalue weighted by atomic mass is 32.2. The number of sulfone groups is 1. The van der Waals surface area contributed by atoms with Crippen molar-refractivity contribution in [2.45, 2.75) is 37.8 Å². The lowest BCUT2D eigenvalue weighted by molar-refractivity contribution is -0.130. The number of hydrogen-bond acceptors (Lipinski definition) is 7. The second-order valence-corrected chi connectivity index (χ2v) is 9.97. The monoisotopic (exact) mass is 373 g/mol. The maximum absolute atomic E-state index is 12.2. The fourth-order valence-electron chi connectivity index (χ4n) is 3.29. The van der Waals surface area contributed by atoms with E-state index in [1.807, 2.05) is 4.90 Å². The normalized spacial score (nSPS) is 26.6. The minimum atomic E-state index is -2.89. The lowest BCUT2D eigenvalue weighted by Crippen LogP contribution is -2.40. The van der Waals surface area contributed by atoms with E-state index in [0.717, 1.165) is 19.5 Å². The summed E-state index contributed by atoms with van der Waals surface area (Å²) in [5, 5.41) is 8.30. The number of amides is 1. The van der Waals surface area contributed by atoms with Crippen molar-refractivity contribution in [2.75, 3.05) is 30.3 Å². The predicted octanol–water partition coefficient (Wildman–Crippen LogP) is 1.40. The highest BCUT2D eigenvalue weighted by molar-refractivity contribution is 7.99. The van der Waals surface area contributed by atoms with Crippen LogP contribution in [0.25, 0.3) is 0 Å². The summed E-state index contributed by atoms with van der Waals surface area (Å²) < 4.78 is 28.5. The fraction of sp³-hybridized carbons (Fsp3) is 0.800. The number of hydrogen-bond donors (Lipinski definition) is 0. The third-order valence-corrected chi connectivity index (χ3v) is 7.21. The molecular weight excluding hydrogens is 350 g/mol. The summed E-state index contributed by atoms with van der Waals surface area (Å²) in [5.41, 5.74) is 0. The first-order valence-corrected chi connectivity index (χ1v) is 11.2. The van der Waals surface area contributed by atoms with E-state index < -0.39 is 9.84 Å². The lowest BCUT2D eigenvalue weighted by atomic mass is 10.0. The van der Waals surface area contributed by atoms with Crippen LogP contribution in [0.2, 0.25) is 0 Å². The van der Waals surface area contributed by atoms with E-state index in [-0.39, 0.29) is 23.3 Å². The SMILES string of the molecule is C[C@@H]1CCCN(C(=O)CSc2nnc(C[C@H]3CCS(=O)(=O)C3)o2)C1. The number of aromatic nitrogens is 2. The van der Waals surface area contributed by atoms with Gasteiger partial charge in [-0.3, -0.25) is 4.79 Å². The zero-order valence-electron chi connectivity index (χ0n) is 13.8. The second-order valence-electron chi connectivity index (χ2n) is 6.81. The first-order chi connectivity index (χ1) is 11.4. The molecule has 0 saturated carbocycles. The standard InChI is InChI=1S/C15H23N3O4S2/c1-11-3-2-5-18(8-11)14(19)9-23-15-17-16-13(22-15)7-12-4-6-24(20,21)10-12/h11-12H,2-10H2,1H3/t11-,12-/m1/s1. The van der Waals surface area contributed by atoms with E-state index in [9.17, 15) is 13.2 Å². The van der Waals surface area contributed by atoms with Crippen LogP contribution in [-0.4, -0.2) is 59.8 Å². The molecule has 24 heavy (non-hydrogen) atoms. The van der Waals surface area contributed by atoms with Gasteiger partial charge in [0.2, 0.25) is 11.8 Å². The molecule has 2 aliphatic heterocycles. The van der Waals surface area contributed by atoms with Crippen molar-refractivity contribution in [3.8, 4) is 0 Å². The van der Waals surface area contributed by atoms with Gasteiger partial charge < -0.3 is 9.32 Å². The topological polar surface area (TPSA) is 93.4 Å². The summed E-state index contributed by atoms with van der Waals surface area (Å²) in [7, 11) is -2.89. The van der Waals surface area contributed by atoms with Crippen LogP contribution in [0.3, 0.4) is 0 Å². The number of piperidine rings is 1. The largest absolute Gasteiger partial charge is 0.416 e. The van der Waals surface area contributed by atoms with E-state index >= 15 is 0 Å². The number of thioether (sulfide) groups is 1. The molecule has 0 aromatic carbocycles. The maximum atomic E-state index is 12.2. The summed E-state index contributed by atoms with van der Waals surface area (Å²) >= 11 is 1.25. The third-order valence-electron chi connectivity index (χ3n) is 4.57. The fourth-order valence-corrected chi connectivity index (χ4v) is 5.83. The Bertz CT molecular complexity index is 689. The van der Waals surface area contributed by atoms with Gasteiger partial charge in [0.1, 0.15) is 0 Å². The Kier molecular flexibility index (Phi) is 5.49. The van der Waals surface area contributed by atoms with Gasteiger partial charge in [0.25, 0.3) is 5.22 Å². The highest BCUT2D eigenvalue weighted by Gasteiger charge is 2.29. The van der Waals surface area contributed by atoms with Gasteiger partial charge in [0, 0.05) is 19.5 Å². The molecule has 3 heterocycles. The molecule has 0 spiro atoms. The molecule has 9 heteroatoms. The van der Waals surface area contributed by atoms with Gasteiger partial charge in [-0.25, -0.2) is 8.42 Å². The van der Waals surface area contributed by atoms with E-state index in [1.54, 1.807) is 0 Å². The Morgan fingerprint density at radius 2 is 2.21 bits per heavy atom. The van der Waals surface area contributed by atoms with E-state index in [1.165, 1.54) is 18.2 Å². The Morgan fingerprint density at radius 3 is 2.92 bits per heavy atom. The number of rotatable bonds is 5. The van der Waals surface area contributed by atoms with Gasteiger partial charge in [0.05, 0.1) is 17.3 Å². The van der Waals surface area contributed by atoms with Crippen LogP contribution in [-0.2, 0) is 21.1 Å². The molecule has 3 rings (SSSR count). The van der Waals surface area contributed by atoms with E-state index in [2.05, 4.69) is 17.1 Å². The van der Waals surface area contributed by atoms with Gasteiger partial charge in [-0.1, -0.05) is 18.7 Å². The van der Waals surface area contributed by atoms with Crippen LogP contribution in [0.15, 0.2) is 9.64 Å². The highest BCUT2D eigenvalue weighted by Crippen LogP contribution is 2.24. The van der Waals surface area contributed by atoms with Crippen LogP contribution >= 0.6 is 11.8 Å². The molecule has 0 unspecified atom stereocenters. The number of carbonyl (C=O) groups is 1. The first kappa shape index (κ1) is 17.7. The van der Waals surface area contributed by atoms with Crippen LogP contribution in [0.4, 0.5) is 0 Å². The molecule has 0 N–H and O–H groups in total. The molecule has 0 aliphatic carbocycles. The number of likely N-dealkylation sites (tertiary alicyclic amines) is 1. The van der Waals surface area contributed by atoms with Gasteiger partial charge in [-0.05, 0) is 31.1 Å². The summed E-state index contributed by atoms with van der Waals surface area (Å²) in [6, 6.07) is 0. The number of carbonyl (C=O) groups excluding carboxylic acids is 1. The zero-order valence-corrected chi connectivity index (χ0v) is 15.4. The van der Waals surface area contributed by atoms with Crippen LogP contribution < -0.4 is 0 Å². The number of nitrogens with zero attached hydrogens (tertiary/aromatic N) is 3. The maximum Gasteiger partial charge on any atom is 0.277 e. The minimum Gasteiger partial charge on any atom is -0.416 e. The molecule has 0 radical (unpaired) electrons. The molecule has 2 aliphatic rings. The van der Waals surface area contributed by atoms with Crippen molar-refractivity contribution in [2.24, 2.45) is 11.8 Å². The van der Waals surface area contributed by atoms with Crippen molar-refractivity contribution in [1.29, 1.82) is 0 Å². The second kappa shape index (κ2) is 7.43. The Hall–Kier alpha value is -1.09. The molecule has 1 aromatic rings. The minimum absolute atomic E-state index is 0.0600.